The molecule has 126 valence electrons. The monoisotopic (exact) mass is 334 g/mol. The van der Waals surface area contributed by atoms with Gasteiger partial charge in [0.05, 0.1) is 6.42 Å². The van der Waals surface area contributed by atoms with Crippen molar-refractivity contribution in [1.29, 1.82) is 0 Å². The fourth-order valence-electron chi connectivity index (χ4n) is 2.46. The van der Waals surface area contributed by atoms with Crippen LogP contribution >= 0.6 is 12.4 Å². The van der Waals surface area contributed by atoms with Gasteiger partial charge >= 0.3 is 0 Å². The number of fused-ring (bicyclic) bond motifs is 1. The summed E-state index contributed by atoms with van der Waals surface area (Å²) < 4.78 is 0. The van der Waals surface area contributed by atoms with Crippen LogP contribution in [0.25, 0.3) is 10.8 Å². The maximum absolute atomic E-state index is 12.3. The van der Waals surface area contributed by atoms with Gasteiger partial charge in [-0.05, 0) is 28.7 Å². The third kappa shape index (κ3) is 5.52. The van der Waals surface area contributed by atoms with Crippen molar-refractivity contribution in [3.8, 4) is 0 Å². The van der Waals surface area contributed by atoms with Gasteiger partial charge in [-0.3, -0.25) is 4.79 Å². The van der Waals surface area contributed by atoms with Gasteiger partial charge in [-0.15, -0.1) is 12.4 Å². The number of hydrogen-bond donors (Lipinski definition) is 1. The summed E-state index contributed by atoms with van der Waals surface area (Å²) in [5, 5.41) is 2.38. The number of carbonyl (C=O) groups excluding carboxylic acids is 1. The van der Waals surface area contributed by atoms with Crippen molar-refractivity contribution < 1.29 is 4.79 Å². The first-order chi connectivity index (χ1) is 10.5. The molecule has 1 amide bonds. The lowest BCUT2D eigenvalue weighted by Crippen LogP contribution is -2.35. The van der Waals surface area contributed by atoms with Crippen molar-refractivity contribution in [2.75, 3.05) is 13.6 Å². The van der Waals surface area contributed by atoms with Gasteiger partial charge in [0.1, 0.15) is 0 Å². The summed E-state index contributed by atoms with van der Waals surface area (Å²) in [6.45, 7) is 4.94. The molecule has 0 aromatic heterocycles. The fourth-order valence-corrected chi connectivity index (χ4v) is 2.46. The Morgan fingerprint density at radius 2 is 1.78 bits per heavy atom. The topological polar surface area (TPSA) is 46.3 Å². The molecule has 0 aliphatic rings. The predicted molar refractivity (Wildman–Crippen MR) is 100.0 cm³/mol. The van der Waals surface area contributed by atoms with E-state index in [1.807, 2.05) is 25.2 Å². The van der Waals surface area contributed by atoms with E-state index in [4.69, 9.17) is 5.73 Å². The van der Waals surface area contributed by atoms with Crippen LogP contribution in [-0.2, 0) is 11.2 Å². The van der Waals surface area contributed by atoms with Crippen molar-refractivity contribution in [3.05, 3.63) is 48.0 Å². The maximum atomic E-state index is 12.3. The van der Waals surface area contributed by atoms with Gasteiger partial charge in [0.25, 0.3) is 0 Å². The van der Waals surface area contributed by atoms with Gasteiger partial charge in [0.2, 0.25) is 5.91 Å². The highest BCUT2D eigenvalue weighted by Crippen LogP contribution is 2.16. The van der Waals surface area contributed by atoms with Crippen molar-refractivity contribution in [3.63, 3.8) is 0 Å². The van der Waals surface area contributed by atoms with E-state index in [1.165, 1.54) is 10.8 Å². The van der Waals surface area contributed by atoms with E-state index in [1.54, 1.807) is 4.90 Å². The molecule has 2 aromatic carbocycles. The lowest BCUT2D eigenvalue weighted by atomic mass is 10.0. The van der Waals surface area contributed by atoms with Crippen LogP contribution in [0.3, 0.4) is 0 Å². The van der Waals surface area contributed by atoms with Crippen LogP contribution < -0.4 is 5.73 Å². The van der Waals surface area contributed by atoms with Gasteiger partial charge in [0, 0.05) is 19.6 Å². The first-order valence-electron chi connectivity index (χ1n) is 7.94. The highest BCUT2D eigenvalue weighted by molar-refractivity contribution is 5.85. The average molecular weight is 335 g/mol. The van der Waals surface area contributed by atoms with Crippen LogP contribution in [0.5, 0.6) is 0 Å². The van der Waals surface area contributed by atoms with E-state index in [0.29, 0.717) is 18.9 Å². The first-order valence-corrected chi connectivity index (χ1v) is 7.94. The minimum Gasteiger partial charge on any atom is -0.345 e. The van der Waals surface area contributed by atoms with Crippen molar-refractivity contribution in [1.82, 2.24) is 4.90 Å². The number of likely N-dealkylation sites (N-methyl/N-ethyl adjacent to an activating group) is 1. The number of nitrogens with two attached hydrogens (primary N) is 1. The summed E-state index contributed by atoms with van der Waals surface area (Å²) in [5.74, 6) is 0.593. The third-order valence-corrected chi connectivity index (χ3v) is 4.25. The molecular formula is C19H27ClN2O. The molecule has 0 saturated carbocycles. The second-order valence-electron chi connectivity index (χ2n) is 6.37. The quantitative estimate of drug-likeness (QED) is 0.876. The molecule has 0 spiro atoms. The molecule has 0 aliphatic carbocycles. The normalized spacial score (nSPS) is 12.0. The Kier molecular flexibility index (Phi) is 7.53. The number of nitrogens with zero attached hydrogens (tertiary/aromatic N) is 1. The van der Waals surface area contributed by atoms with Crippen LogP contribution in [0.1, 0.15) is 25.8 Å². The maximum Gasteiger partial charge on any atom is 0.226 e. The second-order valence-corrected chi connectivity index (χ2v) is 6.37. The molecule has 0 fully saturated rings. The molecule has 1 atom stereocenters. The largest absolute Gasteiger partial charge is 0.345 e. The molecule has 1 unspecified atom stereocenters. The summed E-state index contributed by atoms with van der Waals surface area (Å²) in [6.07, 6.45) is 1.29. The minimum absolute atomic E-state index is 0. The Labute approximate surface area is 145 Å². The Morgan fingerprint density at radius 3 is 2.43 bits per heavy atom. The molecule has 0 bridgehead atoms. The molecule has 23 heavy (non-hydrogen) atoms. The van der Waals surface area contributed by atoms with Crippen LogP contribution in [0.15, 0.2) is 42.5 Å². The van der Waals surface area contributed by atoms with E-state index in [2.05, 4.69) is 38.1 Å². The van der Waals surface area contributed by atoms with Crippen LogP contribution in [0, 0.1) is 5.92 Å². The summed E-state index contributed by atoms with van der Waals surface area (Å²) in [4.78, 5) is 14.1. The van der Waals surface area contributed by atoms with E-state index in [9.17, 15) is 4.79 Å². The van der Waals surface area contributed by atoms with E-state index >= 15 is 0 Å². The zero-order valence-electron chi connectivity index (χ0n) is 14.2. The molecule has 2 aromatic rings. The summed E-state index contributed by atoms with van der Waals surface area (Å²) in [5.41, 5.74) is 7.10. The van der Waals surface area contributed by atoms with Crippen LogP contribution in [0.4, 0.5) is 0 Å². The van der Waals surface area contributed by atoms with Crippen LogP contribution in [0.2, 0.25) is 0 Å². The molecule has 0 radical (unpaired) electrons. The Hall–Kier alpha value is -1.58. The van der Waals surface area contributed by atoms with Crippen molar-refractivity contribution >= 4 is 29.1 Å². The number of hydrogen-bond acceptors (Lipinski definition) is 2. The number of amides is 1. The summed E-state index contributed by atoms with van der Waals surface area (Å²) >= 11 is 0. The van der Waals surface area contributed by atoms with E-state index < -0.39 is 0 Å². The molecule has 0 heterocycles. The molecular weight excluding hydrogens is 308 g/mol. The van der Waals surface area contributed by atoms with Gasteiger partial charge < -0.3 is 10.6 Å². The third-order valence-electron chi connectivity index (χ3n) is 4.25. The van der Waals surface area contributed by atoms with Gasteiger partial charge in [-0.25, -0.2) is 0 Å². The highest BCUT2D eigenvalue weighted by atomic mass is 35.5. The zero-order chi connectivity index (χ0) is 16.1. The van der Waals surface area contributed by atoms with Crippen molar-refractivity contribution in [2.24, 2.45) is 11.7 Å². The average Bonchev–Trinajstić information content (AvgIpc) is 2.51. The molecule has 0 aliphatic heterocycles. The van der Waals surface area contributed by atoms with Gasteiger partial charge in [0.15, 0.2) is 0 Å². The predicted octanol–water partition coefficient (Wildman–Crippen LogP) is 3.64. The summed E-state index contributed by atoms with van der Waals surface area (Å²) in [7, 11) is 1.86. The van der Waals surface area contributed by atoms with E-state index in [-0.39, 0.29) is 24.4 Å². The fraction of sp³-hybridized carbons (Fsp3) is 0.421. The second kappa shape index (κ2) is 8.90. The SMILES string of the molecule is CC(C)C(N)CCN(C)C(=O)Cc1ccc2ccccc2c1.Cl. The molecule has 2 N–H and O–H groups in total. The molecule has 3 nitrogen and oxygen atoms in total. The Balaban J connectivity index is 0.00000264. The molecule has 0 saturated heterocycles. The number of halogens is 1. The Morgan fingerprint density at radius 1 is 1.13 bits per heavy atom. The number of carbonyl (C=O) groups is 1. The number of benzene rings is 2. The number of rotatable bonds is 6. The standard InChI is InChI=1S/C19H26N2O.ClH/c1-14(2)18(20)10-11-21(3)19(22)13-15-8-9-16-6-4-5-7-17(16)12-15;/h4-9,12,14,18H,10-11,13,20H2,1-3H3;1H. The first kappa shape index (κ1) is 19.5. The van der Waals surface area contributed by atoms with Gasteiger partial charge in [-0.1, -0.05) is 56.3 Å². The van der Waals surface area contributed by atoms with Crippen molar-refractivity contribution in [2.45, 2.75) is 32.7 Å². The lowest BCUT2D eigenvalue weighted by Gasteiger charge is -2.21. The van der Waals surface area contributed by atoms with Crippen LogP contribution in [-0.4, -0.2) is 30.4 Å². The Bertz CT molecular complexity index is 642. The minimum atomic E-state index is 0. The van der Waals surface area contributed by atoms with Gasteiger partial charge in [-0.2, -0.15) is 0 Å². The highest BCUT2D eigenvalue weighted by Gasteiger charge is 2.13. The smallest absolute Gasteiger partial charge is 0.226 e. The van der Waals surface area contributed by atoms with E-state index in [0.717, 1.165) is 12.0 Å². The molecule has 4 heteroatoms. The zero-order valence-corrected chi connectivity index (χ0v) is 15.0. The summed E-state index contributed by atoms with van der Waals surface area (Å²) in [6, 6.07) is 14.6. The molecule has 2 rings (SSSR count). The lowest BCUT2D eigenvalue weighted by molar-refractivity contribution is -0.129.